The molecule has 0 nitrogen and oxygen atoms in total. The quantitative estimate of drug-likeness (QED) is 0.613. The van der Waals surface area contributed by atoms with Gasteiger partial charge in [0.15, 0.2) is 0 Å². The highest BCUT2D eigenvalue weighted by molar-refractivity contribution is 6.96. The lowest BCUT2D eigenvalue weighted by molar-refractivity contribution is 1.11. The largest absolute Gasteiger partial charge is 0.102 e. The highest BCUT2D eigenvalue weighted by Gasteiger charge is 2.41. The van der Waals surface area contributed by atoms with Crippen molar-refractivity contribution in [3.63, 3.8) is 0 Å². The fourth-order valence-electron chi connectivity index (χ4n) is 2.92. The predicted octanol–water partition coefficient (Wildman–Crippen LogP) is 5.10. The molecule has 0 atom stereocenters. The summed E-state index contributed by atoms with van der Waals surface area (Å²) >= 11 is 0. The molecule has 0 saturated heterocycles. The Kier molecular flexibility index (Phi) is 3.76. The van der Waals surface area contributed by atoms with E-state index in [1.54, 1.807) is 16.0 Å². The standard InChI is InChI=1S/C14H28Si2/c1-9-13-11(3)16(7,8)12(4)14(13)15(5,6)10-2/h9-10H2,1-8H3. The van der Waals surface area contributed by atoms with Crippen LogP contribution in [0.3, 0.4) is 0 Å². The molecule has 1 heterocycles. The Morgan fingerprint density at radius 2 is 1.50 bits per heavy atom. The third-order valence-corrected chi connectivity index (χ3v) is 13.3. The monoisotopic (exact) mass is 252 g/mol. The minimum Gasteiger partial charge on any atom is -0.0799 e. The zero-order chi connectivity index (χ0) is 12.7. The SMILES string of the molecule is CCC1=C(C)[Si](C)(C)C(C)=C1[Si](C)(C)CC. The van der Waals surface area contributed by atoms with Gasteiger partial charge in [-0.1, -0.05) is 67.2 Å². The Hall–Kier alpha value is -0.0862. The second-order valence-corrected chi connectivity index (χ2v) is 16.0. The minimum absolute atomic E-state index is 1.17. The normalized spacial score (nSPS) is 21.0. The molecule has 0 fully saturated rings. The van der Waals surface area contributed by atoms with E-state index in [0.717, 1.165) is 0 Å². The van der Waals surface area contributed by atoms with E-state index in [-0.39, 0.29) is 0 Å². The van der Waals surface area contributed by atoms with Crippen molar-refractivity contribution in [1.29, 1.82) is 0 Å². The first-order chi connectivity index (χ1) is 7.20. The summed E-state index contributed by atoms with van der Waals surface area (Å²) in [5, 5.41) is 5.39. The minimum atomic E-state index is -1.23. The van der Waals surface area contributed by atoms with Crippen LogP contribution in [-0.4, -0.2) is 16.1 Å². The van der Waals surface area contributed by atoms with Gasteiger partial charge in [0, 0.05) is 0 Å². The smallest absolute Gasteiger partial charge is 0.0799 e. The summed E-state index contributed by atoms with van der Waals surface area (Å²) in [6.45, 7) is 19.7. The van der Waals surface area contributed by atoms with E-state index >= 15 is 0 Å². The molecule has 16 heavy (non-hydrogen) atoms. The maximum absolute atomic E-state index is 2.55. The van der Waals surface area contributed by atoms with Gasteiger partial charge in [-0.2, -0.15) is 0 Å². The molecule has 0 amide bonds. The van der Waals surface area contributed by atoms with E-state index < -0.39 is 16.1 Å². The molecule has 0 bridgehead atoms. The van der Waals surface area contributed by atoms with Gasteiger partial charge in [0.25, 0.3) is 0 Å². The van der Waals surface area contributed by atoms with E-state index in [1.165, 1.54) is 12.5 Å². The molecule has 1 aliphatic heterocycles. The van der Waals surface area contributed by atoms with Crippen LogP contribution in [0.4, 0.5) is 0 Å². The molecule has 0 aromatic heterocycles. The molecule has 0 spiro atoms. The Balaban J connectivity index is 3.42. The zero-order valence-corrected chi connectivity index (χ0v) is 14.4. The Morgan fingerprint density at radius 1 is 1.00 bits per heavy atom. The molecule has 1 rings (SSSR count). The van der Waals surface area contributed by atoms with Gasteiger partial charge in [-0.15, -0.1) is 0 Å². The molecular formula is C14H28Si2. The van der Waals surface area contributed by atoms with Gasteiger partial charge in [0.1, 0.15) is 8.07 Å². The first-order valence-corrected chi connectivity index (χ1v) is 12.8. The molecule has 0 aliphatic carbocycles. The maximum Gasteiger partial charge on any atom is 0.102 e. The van der Waals surface area contributed by atoms with Crippen molar-refractivity contribution in [3.8, 4) is 0 Å². The summed E-state index contributed by atoms with van der Waals surface area (Å²) in [7, 11) is -2.39. The van der Waals surface area contributed by atoms with Crippen molar-refractivity contribution in [2.75, 3.05) is 0 Å². The van der Waals surface area contributed by atoms with Crippen molar-refractivity contribution in [2.24, 2.45) is 0 Å². The Labute approximate surface area is 104 Å². The number of hydrogen-bond donors (Lipinski definition) is 0. The third kappa shape index (κ3) is 1.90. The van der Waals surface area contributed by atoms with Crippen LogP contribution in [0, 0.1) is 0 Å². The van der Waals surface area contributed by atoms with E-state index in [0.29, 0.717) is 0 Å². The van der Waals surface area contributed by atoms with Crippen LogP contribution in [0.15, 0.2) is 21.2 Å². The average Bonchev–Trinajstić information content (AvgIpc) is 2.39. The van der Waals surface area contributed by atoms with Crippen molar-refractivity contribution >= 4 is 16.1 Å². The molecular weight excluding hydrogens is 224 g/mol. The fraction of sp³-hybridized carbons (Fsp3) is 0.714. The van der Waals surface area contributed by atoms with Crippen LogP contribution >= 0.6 is 0 Å². The van der Waals surface area contributed by atoms with E-state index in [2.05, 4.69) is 53.9 Å². The summed E-state index contributed by atoms with van der Waals surface area (Å²) in [6.07, 6.45) is 1.24. The van der Waals surface area contributed by atoms with Gasteiger partial charge in [0.2, 0.25) is 0 Å². The van der Waals surface area contributed by atoms with Gasteiger partial charge < -0.3 is 0 Å². The van der Waals surface area contributed by atoms with Crippen LogP contribution in [0.25, 0.3) is 0 Å². The highest BCUT2D eigenvalue weighted by Crippen LogP contribution is 2.44. The van der Waals surface area contributed by atoms with Crippen molar-refractivity contribution in [2.45, 2.75) is 66.3 Å². The molecule has 2 heteroatoms. The Bertz CT molecular complexity index is 357. The topological polar surface area (TPSA) is 0 Å². The summed E-state index contributed by atoms with van der Waals surface area (Å²) in [5.74, 6) is 0. The summed E-state index contributed by atoms with van der Waals surface area (Å²) in [5.41, 5.74) is 1.74. The van der Waals surface area contributed by atoms with Crippen LogP contribution < -0.4 is 0 Å². The van der Waals surface area contributed by atoms with Gasteiger partial charge in [0.05, 0.1) is 8.07 Å². The van der Waals surface area contributed by atoms with Crippen LogP contribution in [0.1, 0.15) is 34.1 Å². The fourth-order valence-corrected chi connectivity index (χ4v) is 9.94. The molecule has 92 valence electrons. The van der Waals surface area contributed by atoms with Crippen LogP contribution in [-0.2, 0) is 0 Å². The van der Waals surface area contributed by atoms with Crippen molar-refractivity contribution in [3.05, 3.63) is 21.2 Å². The van der Waals surface area contributed by atoms with E-state index in [4.69, 9.17) is 0 Å². The lowest BCUT2D eigenvalue weighted by Crippen LogP contribution is -2.32. The lowest BCUT2D eigenvalue weighted by atomic mass is 10.2. The van der Waals surface area contributed by atoms with Crippen molar-refractivity contribution in [1.82, 2.24) is 0 Å². The van der Waals surface area contributed by atoms with E-state index in [9.17, 15) is 0 Å². The third-order valence-electron chi connectivity index (χ3n) is 4.92. The van der Waals surface area contributed by atoms with Gasteiger partial charge in [-0.3, -0.25) is 0 Å². The van der Waals surface area contributed by atoms with Crippen LogP contribution in [0.5, 0.6) is 0 Å². The molecule has 0 aromatic carbocycles. The van der Waals surface area contributed by atoms with Crippen molar-refractivity contribution < 1.29 is 0 Å². The summed E-state index contributed by atoms with van der Waals surface area (Å²) < 4.78 is 0. The average molecular weight is 253 g/mol. The Morgan fingerprint density at radius 3 is 1.88 bits per heavy atom. The van der Waals surface area contributed by atoms with Gasteiger partial charge in [-0.05, 0) is 20.3 Å². The lowest BCUT2D eigenvalue weighted by Gasteiger charge is -2.27. The second kappa shape index (κ2) is 4.30. The van der Waals surface area contributed by atoms with E-state index in [1.807, 2.05) is 5.20 Å². The first kappa shape index (κ1) is 14.0. The molecule has 0 N–H and O–H groups in total. The maximum atomic E-state index is 2.55. The summed E-state index contributed by atoms with van der Waals surface area (Å²) in [6, 6.07) is 1.38. The first-order valence-electron chi connectivity index (χ1n) is 6.62. The van der Waals surface area contributed by atoms with Gasteiger partial charge >= 0.3 is 0 Å². The molecule has 0 unspecified atom stereocenters. The number of hydrogen-bond acceptors (Lipinski definition) is 0. The number of rotatable bonds is 3. The second-order valence-electron chi connectivity index (χ2n) is 6.32. The molecule has 1 aliphatic rings. The zero-order valence-electron chi connectivity index (χ0n) is 12.4. The summed E-state index contributed by atoms with van der Waals surface area (Å²) in [4.78, 5) is 0. The molecule has 0 radical (unpaired) electrons. The number of allylic oxidation sites excluding steroid dienone is 4. The predicted molar refractivity (Wildman–Crippen MR) is 81.1 cm³/mol. The van der Waals surface area contributed by atoms with Gasteiger partial charge in [-0.25, -0.2) is 0 Å². The molecule has 0 aromatic rings. The molecule has 0 saturated carbocycles. The van der Waals surface area contributed by atoms with Crippen LogP contribution in [0.2, 0.25) is 32.2 Å². The highest BCUT2D eigenvalue weighted by atomic mass is 28.3.